The van der Waals surface area contributed by atoms with Crippen molar-refractivity contribution in [1.29, 1.82) is 0 Å². The van der Waals surface area contributed by atoms with E-state index in [9.17, 15) is 4.79 Å². The van der Waals surface area contributed by atoms with Crippen LogP contribution in [-0.4, -0.2) is 66.8 Å². The van der Waals surface area contributed by atoms with Gasteiger partial charge in [-0.25, -0.2) is 4.98 Å². The van der Waals surface area contributed by atoms with Crippen molar-refractivity contribution in [3.8, 4) is 23.0 Å². The number of ether oxygens (including phenoxy) is 1. The highest BCUT2D eigenvalue weighted by molar-refractivity contribution is 6.32. The first kappa shape index (κ1) is 26.0. The van der Waals surface area contributed by atoms with Gasteiger partial charge in [-0.3, -0.25) is 4.79 Å². The van der Waals surface area contributed by atoms with Gasteiger partial charge in [-0.2, -0.15) is 9.71 Å². The standard InChI is InChI=1S/C27H29ClN6O3/c1-6-26(35)30-22-16-25(20(28)15-24(22)33(4)14-13-32(2)3)37-27-29-12-11-21(31-27)19-17-34(36-5)23-10-8-7-9-18(19)23/h6-12,15-17H,1,13-14H2,2-5H3,(H,30,35). The molecule has 4 rings (SSSR count). The molecule has 2 aromatic carbocycles. The lowest BCUT2D eigenvalue weighted by Gasteiger charge is -2.25. The lowest BCUT2D eigenvalue weighted by Crippen LogP contribution is -2.29. The van der Waals surface area contributed by atoms with Crippen molar-refractivity contribution in [3.05, 3.63) is 72.5 Å². The Balaban J connectivity index is 1.68. The van der Waals surface area contributed by atoms with Gasteiger partial charge in [0, 0.05) is 43.4 Å². The number of halogens is 1. The summed E-state index contributed by atoms with van der Waals surface area (Å²) in [5, 5.41) is 4.17. The summed E-state index contributed by atoms with van der Waals surface area (Å²) >= 11 is 6.62. The van der Waals surface area contributed by atoms with Gasteiger partial charge in [0.05, 0.1) is 33.8 Å². The molecule has 4 aromatic rings. The summed E-state index contributed by atoms with van der Waals surface area (Å²) in [6.07, 6.45) is 4.70. The Labute approximate surface area is 220 Å². The molecule has 0 aliphatic heterocycles. The van der Waals surface area contributed by atoms with Gasteiger partial charge in [-0.1, -0.05) is 36.4 Å². The molecule has 0 unspecified atom stereocenters. The van der Waals surface area contributed by atoms with E-state index >= 15 is 0 Å². The average molecular weight is 521 g/mol. The number of amides is 1. The molecule has 0 spiro atoms. The predicted octanol–water partition coefficient (Wildman–Crippen LogP) is 4.72. The molecule has 0 fully saturated rings. The van der Waals surface area contributed by atoms with Crippen LogP contribution in [0, 0.1) is 0 Å². The minimum absolute atomic E-state index is 0.114. The van der Waals surface area contributed by atoms with E-state index in [-0.39, 0.29) is 11.9 Å². The van der Waals surface area contributed by atoms with E-state index in [1.165, 1.54) is 6.08 Å². The van der Waals surface area contributed by atoms with Crippen molar-refractivity contribution < 1.29 is 14.4 Å². The number of anilines is 2. The number of hydrogen-bond donors (Lipinski definition) is 1. The number of likely N-dealkylation sites (N-methyl/N-ethyl adjacent to an activating group) is 2. The molecule has 0 atom stereocenters. The van der Waals surface area contributed by atoms with Crippen LogP contribution in [0.25, 0.3) is 22.2 Å². The van der Waals surface area contributed by atoms with E-state index in [0.717, 1.165) is 35.2 Å². The van der Waals surface area contributed by atoms with Crippen LogP contribution in [-0.2, 0) is 4.79 Å². The van der Waals surface area contributed by atoms with Crippen LogP contribution in [0.4, 0.5) is 11.4 Å². The SMILES string of the molecule is C=CC(=O)Nc1cc(Oc2nccc(-c3cn(OC)c4ccccc34)n2)c(Cl)cc1N(C)CCN(C)C. The number of rotatable bonds is 10. The number of nitrogens with zero attached hydrogens (tertiary/aromatic N) is 5. The van der Waals surface area contributed by atoms with Crippen molar-refractivity contribution in [3.63, 3.8) is 0 Å². The highest BCUT2D eigenvalue weighted by atomic mass is 35.5. The molecule has 10 heteroatoms. The molecule has 1 amide bonds. The van der Waals surface area contributed by atoms with E-state index < -0.39 is 0 Å². The number of nitrogens with one attached hydrogen (secondary N) is 1. The third-order valence-electron chi connectivity index (χ3n) is 5.77. The summed E-state index contributed by atoms with van der Waals surface area (Å²) in [5.41, 5.74) is 3.72. The maximum Gasteiger partial charge on any atom is 0.322 e. The Bertz CT molecular complexity index is 1440. The fraction of sp³-hybridized carbons (Fsp3) is 0.222. The molecular formula is C27H29ClN6O3. The van der Waals surface area contributed by atoms with Crippen LogP contribution in [0.15, 0.2) is 67.5 Å². The van der Waals surface area contributed by atoms with Gasteiger partial charge in [-0.05, 0) is 38.4 Å². The minimum atomic E-state index is -0.344. The first-order valence-electron chi connectivity index (χ1n) is 11.6. The number of aromatic nitrogens is 3. The van der Waals surface area contributed by atoms with E-state index in [2.05, 4.69) is 26.8 Å². The van der Waals surface area contributed by atoms with Crippen molar-refractivity contribution in [2.45, 2.75) is 0 Å². The van der Waals surface area contributed by atoms with Crippen molar-refractivity contribution in [1.82, 2.24) is 19.6 Å². The molecule has 192 valence electrons. The third kappa shape index (κ3) is 5.84. The van der Waals surface area contributed by atoms with Gasteiger partial charge in [0.2, 0.25) is 5.91 Å². The van der Waals surface area contributed by atoms with Gasteiger partial charge in [0.25, 0.3) is 0 Å². The Kier molecular flexibility index (Phi) is 7.95. The lowest BCUT2D eigenvalue weighted by molar-refractivity contribution is -0.111. The smallest absolute Gasteiger partial charge is 0.322 e. The number of hydrogen-bond acceptors (Lipinski definition) is 7. The molecule has 2 aromatic heterocycles. The van der Waals surface area contributed by atoms with Gasteiger partial charge in [0.1, 0.15) is 7.11 Å². The highest BCUT2D eigenvalue weighted by Gasteiger charge is 2.17. The molecule has 0 bridgehead atoms. The normalized spacial score (nSPS) is 11.0. The topological polar surface area (TPSA) is 84.7 Å². The molecule has 37 heavy (non-hydrogen) atoms. The van der Waals surface area contributed by atoms with Crippen molar-refractivity contribution in [2.75, 3.05) is 51.6 Å². The number of carbonyl (C=O) groups is 1. The molecule has 0 aliphatic carbocycles. The monoisotopic (exact) mass is 520 g/mol. The van der Waals surface area contributed by atoms with Crippen molar-refractivity contribution in [2.24, 2.45) is 0 Å². The molecule has 0 saturated heterocycles. The van der Waals surface area contributed by atoms with Gasteiger partial charge in [0.15, 0.2) is 5.75 Å². The first-order valence-corrected chi connectivity index (χ1v) is 12.0. The quantitative estimate of drug-likeness (QED) is 0.303. The average Bonchev–Trinajstić information content (AvgIpc) is 3.28. The van der Waals surface area contributed by atoms with E-state index in [0.29, 0.717) is 22.2 Å². The molecule has 9 nitrogen and oxygen atoms in total. The Morgan fingerprint density at radius 3 is 2.70 bits per heavy atom. The summed E-state index contributed by atoms with van der Waals surface area (Å²) in [6, 6.07) is 13.2. The van der Waals surface area contributed by atoms with E-state index in [1.54, 1.807) is 36.2 Å². The maximum atomic E-state index is 12.1. The molecule has 0 aliphatic rings. The molecule has 0 saturated carbocycles. The van der Waals surface area contributed by atoms with Gasteiger partial charge < -0.3 is 24.7 Å². The van der Waals surface area contributed by atoms with Gasteiger partial charge in [-0.15, -0.1) is 0 Å². The Morgan fingerprint density at radius 1 is 1.19 bits per heavy atom. The fourth-order valence-electron chi connectivity index (χ4n) is 3.83. The molecular weight excluding hydrogens is 492 g/mol. The molecule has 1 N–H and O–H groups in total. The third-order valence-corrected chi connectivity index (χ3v) is 6.07. The Hall–Kier alpha value is -4.08. The zero-order valence-electron chi connectivity index (χ0n) is 21.2. The largest absolute Gasteiger partial charge is 0.423 e. The zero-order chi connectivity index (χ0) is 26.5. The maximum absolute atomic E-state index is 12.1. The molecule has 2 heterocycles. The fourth-order valence-corrected chi connectivity index (χ4v) is 4.03. The van der Waals surface area contributed by atoms with Crippen LogP contribution in [0.2, 0.25) is 5.02 Å². The minimum Gasteiger partial charge on any atom is -0.423 e. The van der Waals surface area contributed by atoms with Crippen molar-refractivity contribution >= 4 is 39.8 Å². The van der Waals surface area contributed by atoms with E-state index in [4.69, 9.17) is 21.2 Å². The summed E-state index contributed by atoms with van der Waals surface area (Å²) in [7, 11) is 7.54. The molecule has 0 radical (unpaired) electrons. The summed E-state index contributed by atoms with van der Waals surface area (Å²) in [5.74, 6) is -0.0365. The van der Waals surface area contributed by atoms with Crippen LogP contribution in [0.5, 0.6) is 11.8 Å². The summed E-state index contributed by atoms with van der Waals surface area (Å²) in [6.45, 7) is 5.09. The number of fused-ring (bicyclic) bond motifs is 1. The second-order valence-corrected chi connectivity index (χ2v) is 9.02. The van der Waals surface area contributed by atoms with E-state index in [1.807, 2.05) is 56.5 Å². The zero-order valence-corrected chi connectivity index (χ0v) is 22.0. The number of carbonyl (C=O) groups excluding carboxylic acids is 1. The number of benzene rings is 2. The number of para-hydroxylation sites is 1. The lowest BCUT2D eigenvalue weighted by atomic mass is 10.1. The predicted molar refractivity (Wildman–Crippen MR) is 148 cm³/mol. The van der Waals surface area contributed by atoms with Crippen LogP contribution >= 0.6 is 11.6 Å². The van der Waals surface area contributed by atoms with Crippen LogP contribution < -0.4 is 19.8 Å². The Morgan fingerprint density at radius 2 is 1.97 bits per heavy atom. The van der Waals surface area contributed by atoms with Gasteiger partial charge >= 0.3 is 6.01 Å². The second-order valence-electron chi connectivity index (χ2n) is 8.61. The highest BCUT2D eigenvalue weighted by Crippen LogP contribution is 2.38. The van der Waals surface area contributed by atoms with Crippen LogP contribution in [0.1, 0.15) is 0 Å². The first-order chi connectivity index (χ1) is 17.8. The second kappa shape index (κ2) is 11.3. The summed E-state index contributed by atoms with van der Waals surface area (Å²) in [4.78, 5) is 30.6. The summed E-state index contributed by atoms with van der Waals surface area (Å²) < 4.78 is 7.69. The van der Waals surface area contributed by atoms with Crippen LogP contribution in [0.3, 0.4) is 0 Å².